The Kier molecular flexibility index (Phi) is 3.16. The van der Waals surface area contributed by atoms with Crippen molar-refractivity contribution in [2.45, 2.75) is 19.3 Å². The van der Waals surface area contributed by atoms with Crippen molar-refractivity contribution in [1.29, 1.82) is 0 Å². The molecule has 0 unspecified atom stereocenters. The molecule has 1 nitrogen and oxygen atoms in total. The predicted molar refractivity (Wildman–Crippen MR) is 46.0 cm³/mol. The number of allylic oxidation sites excluding steroid dienone is 3. The van der Waals surface area contributed by atoms with Crippen molar-refractivity contribution in [1.82, 2.24) is 0 Å². The summed E-state index contributed by atoms with van der Waals surface area (Å²) in [5, 5.41) is 8.65. The fraction of sp³-hybridized carbons (Fsp3) is 0.500. The van der Waals surface area contributed by atoms with Gasteiger partial charge in [-0.25, -0.2) is 0 Å². The molecule has 0 aromatic rings. The smallest absolute Gasteiger partial charge is 0.0471 e. The van der Waals surface area contributed by atoms with E-state index in [1.165, 1.54) is 10.1 Å². The van der Waals surface area contributed by atoms with Gasteiger partial charge in [-0.3, -0.25) is 0 Å². The van der Waals surface area contributed by atoms with E-state index in [0.717, 1.165) is 19.3 Å². The molecule has 0 aromatic carbocycles. The van der Waals surface area contributed by atoms with Gasteiger partial charge in [0.2, 0.25) is 0 Å². The molecule has 2 heteroatoms. The van der Waals surface area contributed by atoms with Crippen LogP contribution in [-0.2, 0) is 0 Å². The summed E-state index contributed by atoms with van der Waals surface area (Å²) in [5.74, 6) is 0. The van der Waals surface area contributed by atoms with Crippen LogP contribution in [0.4, 0.5) is 0 Å². The summed E-state index contributed by atoms with van der Waals surface area (Å²) in [6.07, 6.45) is 7.22. The molecule has 0 bridgehead atoms. The molecule has 0 radical (unpaired) electrons. The van der Waals surface area contributed by atoms with Gasteiger partial charge in [0.05, 0.1) is 0 Å². The maximum atomic E-state index is 8.65. The highest BCUT2D eigenvalue weighted by Gasteiger charge is 2.03. The van der Waals surface area contributed by atoms with Crippen LogP contribution in [0.1, 0.15) is 19.3 Å². The second-order valence-electron chi connectivity index (χ2n) is 2.34. The standard InChI is InChI=1S/C8H11BrO/c9-8-4-2-1-3-7(8)5-6-10/h1,3,10H,2,4-6H2. The Morgan fingerprint density at radius 2 is 2.40 bits per heavy atom. The highest BCUT2D eigenvalue weighted by atomic mass is 79.9. The van der Waals surface area contributed by atoms with E-state index in [1.807, 2.05) is 0 Å². The average molecular weight is 203 g/mol. The maximum Gasteiger partial charge on any atom is 0.0471 e. The van der Waals surface area contributed by atoms with Crippen molar-refractivity contribution in [3.63, 3.8) is 0 Å². The maximum absolute atomic E-state index is 8.65. The summed E-state index contributed by atoms with van der Waals surface area (Å²) in [5.41, 5.74) is 1.24. The summed E-state index contributed by atoms with van der Waals surface area (Å²) < 4.78 is 1.25. The fourth-order valence-electron chi connectivity index (χ4n) is 1.03. The van der Waals surface area contributed by atoms with E-state index in [1.54, 1.807) is 0 Å². The summed E-state index contributed by atoms with van der Waals surface area (Å²) in [4.78, 5) is 0. The first-order chi connectivity index (χ1) is 4.84. The van der Waals surface area contributed by atoms with Gasteiger partial charge in [-0.1, -0.05) is 28.1 Å². The van der Waals surface area contributed by atoms with Crippen LogP contribution in [0.2, 0.25) is 0 Å². The van der Waals surface area contributed by atoms with E-state index < -0.39 is 0 Å². The third-order valence-corrected chi connectivity index (χ3v) is 2.48. The molecule has 1 N–H and O–H groups in total. The number of rotatable bonds is 2. The first kappa shape index (κ1) is 8.02. The minimum atomic E-state index is 0.245. The average Bonchev–Trinajstić information content (AvgIpc) is 1.94. The molecule has 10 heavy (non-hydrogen) atoms. The van der Waals surface area contributed by atoms with Crippen LogP contribution in [0.25, 0.3) is 0 Å². The van der Waals surface area contributed by atoms with Crippen LogP contribution < -0.4 is 0 Å². The fourth-order valence-corrected chi connectivity index (χ4v) is 1.59. The van der Waals surface area contributed by atoms with E-state index in [9.17, 15) is 0 Å². The number of aliphatic hydroxyl groups is 1. The zero-order valence-corrected chi connectivity index (χ0v) is 7.39. The minimum absolute atomic E-state index is 0.245. The molecule has 1 aliphatic rings. The SMILES string of the molecule is OCCC1=C(Br)CCC=C1. The highest BCUT2D eigenvalue weighted by Crippen LogP contribution is 2.25. The topological polar surface area (TPSA) is 20.2 Å². The Morgan fingerprint density at radius 3 is 3.00 bits per heavy atom. The van der Waals surface area contributed by atoms with Crippen LogP contribution in [0.15, 0.2) is 22.2 Å². The Morgan fingerprint density at radius 1 is 1.60 bits per heavy atom. The summed E-state index contributed by atoms with van der Waals surface area (Å²) in [6.45, 7) is 0.245. The Balaban J connectivity index is 2.60. The molecule has 56 valence electrons. The van der Waals surface area contributed by atoms with Crippen LogP contribution >= 0.6 is 15.9 Å². The van der Waals surface area contributed by atoms with Crippen molar-refractivity contribution in [2.75, 3.05) is 6.61 Å². The van der Waals surface area contributed by atoms with Crippen molar-refractivity contribution in [3.8, 4) is 0 Å². The van der Waals surface area contributed by atoms with Gasteiger partial charge >= 0.3 is 0 Å². The lowest BCUT2D eigenvalue weighted by molar-refractivity contribution is 0.300. The molecular formula is C8H11BrO. The molecule has 0 spiro atoms. The molecule has 0 aliphatic heterocycles. The van der Waals surface area contributed by atoms with Gasteiger partial charge in [-0.15, -0.1) is 0 Å². The lowest BCUT2D eigenvalue weighted by Crippen LogP contribution is -1.92. The van der Waals surface area contributed by atoms with Gasteiger partial charge in [-0.05, 0) is 29.3 Å². The van der Waals surface area contributed by atoms with Gasteiger partial charge in [-0.2, -0.15) is 0 Å². The van der Waals surface area contributed by atoms with Crippen molar-refractivity contribution >= 4 is 15.9 Å². The van der Waals surface area contributed by atoms with Crippen molar-refractivity contribution in [3.05, 3.63) is 22.2 Å². The monoisotopic (exact) mass is 202 g/mol. The molecule has 1 rings (SSSR count). The number of hydrogen-bond acceptors (Lipinski definition) is 1. The van der Waals surface area contributed by atoms with Crippen molar-refractivity contribution < 1.29 is 5.11 Å². The van der Waals surface area contributed by atoms with Gasteiger partial charge < -0.3 is 5.11 Å². The van der Waals surface area contributed by atoms with E-state index >= 15 is 0 Å². The molecule has 1 aliphatic carbocycles. The second kappa shape index (κ2) is 3.94. The quantitative estimate of drug-likeness (QED) is 0.730. The molecule has 0 amide bonds. The van der Waals surface area contributed by atoms with E-state index in [4.69, 9.17) is 5.11 Å². The van der Waals surface area contributed by atoms with Gasteiger partial charge in [0.25, 0.3) is 0 Å². The third kappa shape index (κ3) is 1.96. The molecule has 0 heterocycles. The number of halogens is 1. The minimum Gasteiger partial charge on any atom is -0.396 e. The van der Waals surface area contributed by atoms with Gasteiger partial charge in [0.15, 0.2) is 0 Å². The summed E-state index contributed by atoms with van der Waals surface area (Å²) in [6, 6.07) is 0. The zero-order chi connectivity index (χ0) is 7.40. The third-order valence-electron chi connectivity index (χ3n) is 1.58. The lowest BCUT2D eigenvalue weighted by atomic mass is 10.1. The molecule has 0 fully saturated rings. The molecule has 0 atom stereocenters. The molecule has 0 saturated heterocycles. The Labute approximate surface area is 69.6 Å². The van der Waals surface area contributed by atoms with Gasteiger partial charge in [0.1, 0.15) is 0 Å². The van der Waals surface area contributed by atoms with E-state index in [2.05, 4.69) is 28.1 Å². The molecule has 0 aromatic heterocycles. The Hall–Kier alpha value is -0.0800. The summed E-state index contributed by atoms with van der Waals surface area (Å²) >= 11 is 3.47. The Bertz CT molecular complexity index is 170. The largest absolute Gasteiger partial charge is 0.396 e. The first-order valence-electron chi connectivity index (χ1n) is 3.49. The van der Waals surface area contributed by atoms with Crippen molar-refractivity contribution in [2.24, 2.45) is 0 Å². The first-order valence-corrected chi connectivity index (χ1v) is 4.29. The van der Waals surface area contributed by atoms with E-state index in [0.29, 0.717) is 0 Å². The molecule has 0 saturated carbocycles. The number of hydrogen-bond donors (Lipinski definition) is 1. The van der Waals surface area contributed by atoms with Gasteiger partial charge in [0, 0.05) is 6.61 Å². The van der Waals surface area contributed by atoms with Crippen LogP contribution in [-0.4, -0.2) is 11.7 Å². The highest BCUT2D eigenvalue weighted by molar-refractivity contribution is 9.11. The van der Waals surface area contributed by atoms with Crippen LogP contribution in [0.5, 0.6) is 0 Å². The lowest BCUT2D eigenvalue weighted by Gasteiger charge is -2.08. The number of aliphatic hydroxyl groups excluding tert-OH is 1. The van der Waals surface area contributed by atoms with Crippen LogP contribution in [0, 0.1) is 0 Å². The zero-order valence-electron chi connectivity index (χ0n) is 5.81. The predicted octanol–water partition coefficient (Wildman–Crippen LogP) is 2.37. The second-order valence-corrected chi connectivity index (χ2v) is 3.30. The van der Waals surface area contributed by atoms with E-state index in [-0.39, 0.29) is 6.61 Å². The molecular weight excluding hydrogens is 192 g/mol. The summed E-state index contributed by atoms with van der Waals surface area (Å²) in [7, 11) is 0. The van der Waals surface area contributed by atoms with Crippen LogP contribution in [0.3, 0.4) is 0 Å². The normalized spacial score (nSPS) is 18.2.